The van der Waals surface area contributed by atoms with E-state index < -0.39 is 0 Å². The molecule has 0 aliphatic heterocycles. The molecule has 0 amide bonds. The first-order valence-corrected chi connectivity index (χ1v) is 4.44. The molecule has 0 rings (SSSR count). The van der Waals surface area contributed by atoms with Gasteiger partial charge in [0.2, 0.25) is 0 Å². The zero-order chi connectivity index (χ0) is 8.69. The maximum absolute atomic E-state index is 8.73. The van der Waals surface area contributed by atoms with E-state index in [2.05, 4.69) is 20.8 Å². The third kappa shape index (κ3) is 9.15. The van der Waals surface area contributed by atoms with Crippen LogP contribution in [-0.4, -0.2) is 11.7 Å². The molecule has 0 saturated carbocycles. The summed E-state index contributed by atoms with van der Waals surface area (Å²) in [5, 5.41) is 8.73. The van der Waals surface area contributed by atoms with E-state index in [0.717, 1.165) is 25.7 Å². The van der Waals surface area contributed by atoms with Crippen LogP contribution in [0.2, 0.25) is 0 Å². The molecular weight excluding hydrogens is 225 g/mol. The van der Waals surface area contributed by atoms with Crippen LogP contribution in [0.4, 0.5) is 0 Å². The Bertz CT molecular complexity index is 77.9. The molecule has 71 valence electrons. The second-order valence-electron chi connectivity index (χ2n) is 3.43. The molecule has 0 fully saturated rings. The van der Waals surface area contributed by atoms with Crippen molar-refractivity contribution in [3.8, 4) is 0 Å². The molecule has 1 N–H and O–H groups in total. The van der Waals surface area contributed by atoms with Crippen molar-refractivity contribution in [2.24, 2.45) is 5.92 Å². The number of aliphatic hydroxyl groups is 1. The molecule has 0 aromatic carbocycles. The van der Waals surface area contributed by atoms with Gasteiger partial charge in [-0.25, -0.2) is 12.8 Å². The maximum atomic E-state index is 8.73. The van der Waals surface area contributed by atoms with Crippen molar-refractivity contribution in [2.75, 3.05) is 6.61 Å². The summed E-state index contributed by atoms with van der Waals surface area (Å²) in [6.45, 7) is 8.52. The van der Waals surface area contributed by atoms with E-state index in [1.165, 1.54) is 5.92 Å². The van der Waals surface area contributed by atoms with Gasteiger partial charge in [-0.2, -0.15) is 12.8 Å². The zero-order valence-corrected chi connectivity index (χ0v) is 11.2. The van der Waals surface area contributed by atoms with Gasteiger partial charge in [0.25, 0.3) is 0 Å². The molecule has 0 spiro atoms. The van der Waals surface area contributed by atoms with Gasteiger partial charge in [0.05, 0.1) is 0 Å². The van der Waals surface area contributed by atoms with Gasteiger partial charge in [0, 0.05) is 39.3 Å². The van der Waals surface area contributed by atoms with E-state index in [9.17, 15) is 0 Å². The van der Waals surface area contributed by atoms with Crippen LogP contribution in [0.5, 0.6) is 0 Å². The van der Waals surface area contributed by atoms with Crippen molar-refractivity contribution in [3.05, 3.63) is 12.8 Å². The van der Waals surface area contributed by atoms with Crippen LogP contribution in [0.1, 0.15) is 39.5 Å². The summed E-state index contributed by atoms with van der Waals surface area (Å²) < 4.78 is 0. The molecule has 0 saturated heterocycles. The zero-order valence-electron chi connectivity index (χ0n) is 8.34. The standard InChI is InChI=1S/C10H20O.Y/c1-4-5-10(6-7-11)8-9(2)3;/h9,11H,1,4-8H2,2-3H3;/q-2;. The average Bonchev–Trinajstić information content (AvgIpc) is 1.87. The summed E-state index contributed by atoms with van der Waals surface area (Å²) >= 11 is 0. The summed E-state index contributed by atoms with van der Waals surface area (Å²) in [6, 6.07) is 0. The molecule has 0 aromatic heterocycles. The fourth-order valence-electron chi connectivity index (χ4n) is 1.31. The predicted molar refractivity (Wildman–Crippen MR) is 49.0 cm³/mol. The summed E-state index contributed by atoms with van der Waals surface area (Å²) in [4.78, 5) is 0. The minimum atomic E-state index is 0. The molecule has 0 aliphatic carbocycles. The third-order valence-electron chi connectivity index (χ3n) is 1.69. The Kier molecular flexibility index (Phi) is 13.1. The van der Waals surface area contributed by atoms with Crippen LogP contribution in [0.3, 0.4) is 0 Å². The second-order valence-corrected chi connectivity index (χ2v) is 3.43. The monoisotopic (exact) mass is 245 g/mol. The van der Waals surface area contributed by atoms with Crippen molar-refractivity contribution < 1.29 is 37.8 Å². The third-order valence-corrected chi connectivity index (χ3v) is 1.69. The Labute approximate surface area is 102 Å². The van der Waals surface area contributed by atoms with Gasteiger partial charge >= 0.3 is 0 Å². The van der Waals surface area contributed by atoms with Gasteiger partial charge in [-0.3, -0.25) is 0 Å². The van der Waals surface area contributed by atoms with E-state index in [1.54, 1.807) is 0 Å². The summed E-state index contributed by atoms with van der Waals surface area (Å²) in [7, 11) is 0. The van der Waals surface area contributed by atoms with Gasteiger partial charge in [-0.1, -0.05) is 19.8 Å². The largest absolute Gasteiger partial charge is 0.399 e. The summed E-state index contributed by atoms with van der Waals surface area (Å²) in [5.41, 5.74) is 0. The van der Waals surface area contributed by atoms with Gasteiger partial charge < -0.3 is 17.9 Å². The van der Waals surface area contributed by atoms with Crippen LogP contribution >= 0.6 is 0 Å². The first-order valence-electron chi connectivity index (χ1n) is 4.44. The minimum Gasteiger partial charge on any atom is -0.399 e. The average molecular weight is 245 g/mol. The predicted octanol–water partition coefficient (Wildman–Crippen LogP) is 2.60. The van der Waals surface area contributed by atoms with Crippen LogP contribution in [0.15, 0.2) is 0 Å². The number of rotatable bonds is 6. The van der Waals surface area contributed by atoms with E-state index in [1.807, 2.05) is 0 Å². The molecule has 1 nitrogen and oxygen atoms in total. The van der Waals surface area contributed by atoms with E-state index >= 15 is 0 Å². The van der Waals surface area contributed by atoms with Crippen LogP contribution in [-0.2, 0) is 32.7 Å². The fraction of sp³-hybridized carbons (Fsp3) is 0.800. The fourth-order valence-corrected chi connectivity index (χ4v) is 1.31. The first-order chi connectivity index (χ1) is 5.20. The maximum Gasteiger partial charge on any atom is 0.0163 e. The van der Waals surface area contributed by atoms with Gasteiger partial charge in [-0.15, -0.1) is 0 Å². The van der Waals surface area contributed by atoms with Crippen molar-refractivity contribution in [3.63, 3.8) is 0 Å². The molecule has 0 atom stereocenters. The molecule has 12 heavy (non-hydrogen) atoms. The van der Waals surface area contributed by atoms with Gasteiger partial charge in [0.15, 0.2) is 0 Å². The number of hydrogen-bond donors (Lipinski definition) is 1. The minimum absolute atomic E-state index is 0. The smallest absolute Gasteiger partial charge is 0.0163 e. The van der Waals surface area contributed by atoms with Crippen LogP contribution < -0.4 is 0 Å². The number of hydrogen-bond acceptors (Lipinski definition) is 1. The van der Waals surface area contributed by atoms with E-state index in [0.29, 0.717) is 12.5 Å². The molecule has 0 heterocycles. The molecule has 0 bridgehead atoms. The molecule has 2 heteroatoms. The van der Waals surface area contributed by atoms with Crippen LogP contribution in [0, 0.1) is 18.8 Å². The molecular formula is C10H20OY-2. The normalized spacial score (nSPS) is 10.5. The van der Waals surface area contributed by atoms with Crippen molar-refractivity contribution >= 4 is 0 Å². The Hall–Kier alpha value is 1.06. The Morgan fingerprint density at radius 1 is 1.33 bits per heavy atom. The Morgan fingerprint density at radius 2 is 1.92 bits per heavy atom. The second kappa shape index (κ2) is 10.1. The van der Waals surface area contributed by atoms with Gasteiger partial charge in [-0.05, 0) is 0 Å². The topological polar surface area (TPSA) is 20.2 Å². The Morgan fingerprint density at radius 3 is 2.25 bits per heavy atom. The molecule has 1 radical (unpaired) electrons. The summed E-state index contributed by atoms with van der Waals surface area (Å²) in [5.74, 6) is 2.18. The first kappa shape index (κ1) is 15.5. The Balaban J connectivity index is 0. The van der Waals surface area contributed by atoms with E-state index in [4.69, 9.17) is 5.11 Å². The van der Waals surface area contributed by atoms with E-state index in [-0.39, 0.29) is 32.7 Å². The van der Waals surface area contributed by atoms with Gasteiger partial charge in [0.1, 0.15) is 0 Å². The van der Waals surface area contributed by atoms with Crippen molar-refractivity contribution in [1.82, 2.24) is 0 Å². The van der Waals surface area contributed by atoms with Crippen molar-refractivity contribution in [1.29, 1.82) is 0 Å². The van der Waals surface area contributed by atoms with Crippen molar-refractivity contribution in [2.45, 2.75) is 39.5 Å². The quantitative estimate of drug-likeness (QED) is 0.713. The molecule has 0 unspecified atom stereocenters. The SMILES string of the molecule is [CH2-]CC[C-](CCO)CC(C)C.[Y]. The molecule has 0 aliphatic rings. The van der Waals surface area contributed by atoms with Crippen LogP contribution in [0.25, 0.3) is 0 Å². The molecule has 0 aromatic rings. The summed E-state index contributed by atoms with van der Waals surface area (Å²) in [6.07, 6.45) is 4.06. The number of aliphatic hydroxyl groups excluding tert-OH is 1.